The molecule has 3 rings (SSSR count). The van der Waals surface area contributed by atoms with Crippen molar-refractivity contribution < 1.29 is 4.74 Å². The lowest BCUT2D eigenvalue weighted by Crippen LogP contribution is -2.51. The van der Waals surface area contributed by atoms with E-state index in [2.05, 4.69) is 26.2 Å². The normalized spacial score (nSPS) is 36.7. The molecule has 3 fully saturated rings. The molecule has 3 atom stereocenters. The fourth-order valence-electron chi connectivity index (χ4n) is 5.70. The first-order chi connectivity index (χ1) is 10.1. The molecule has 0 aromatic rings. The molecule has 0 aromatic carbocycles. The van der Waals surface area contributed by atoms with Crippen molar-refractivity contribution in [3.63, 3.8) is 0 Å². The van der Waals surface area contributed by atoms with Gasteiger partial charge in [0.1, 0.15) is 0 Å². The van der Waals surface area contributed by atoms with Crippen LogP contribution < -0.4 is 5.32 Å². The van der Waals surface area contributed by atoms with Gasteiger partial charge in [0.2, 0.25) is 0 Å². The zero-order chi connectivity index (χ0) is 14.9. The third-order valence-electron chi connectivity index (χ3n) is 6.91. The van der Waals surface area contributed by atoms with Gasteiger partial charge < -0.3 is 10.1 Å². The van der Waals surface area contributed by atoms with Crippen molar-refractivity contribution in [1.82, 2.24) is 5.32 Å². The van der Waals surface area contributed by atoms with Gasteiger partial charge >= 0.3 is 0 Å². The van der Waals surface area contributed by atoms with Crippen molar-refractivity contribution in [2.24, 2.45) is 17.3 Å². The van der Waals surface area contributed by atoms with Crippen molar-refractivity contribution in [2.75, 3.05) is 13.7 Å². The number of nitrogens with one attached hydrogen (secondary N) is 1. The molecule has 3 aliphatic rings. The van der Waals surface area contributed by atoms with Gasteiger partial charge in [0, 0.05) is 12.6 Å². The largest absolute Gasteiger partial charge is 0.375 e. The number of rotatable bonds is 3. The van der Waals surface area contributed by atoms with Crippen molar-refractivity contribution in [3.05, 3.63) is 0 Å². The third kappa shape index (κ3) is 3.17. The fraction of sp³-hybridized carbons (Fsp3) is 1.00. The van der Waals surface area contributed by atoms with E-state index in [4.69, 9.17) is 4.74 Å². The Bertz CT molecular complexity index is 340. The van der Waals surface area contributed by atoms with Crippen LogP contribution in [0.1, 0.15) is 78.1 Å². The second-order valence-corrected chi connectivity index (χ2v) is 8.65. The molecule has 2 heteroatoms. The van der Waals surface area contributed by atoms with Crippen LogP contribution in [0.4, 0.5) is 0 Å². The van der Waals surface area contributed by atoms with Crippen molar-refractivity contribution in [2.45, 2.75) is 89.7 Å². The van der Waals surface area contributed by atoms with Crippen LogP contribution in [0.15, 0.2) is 0 Å². The van der Waals surface area contributed by atoms with E-state index in [0.717, 1.165) is 18.4 Å². The average Bonchev–Trinajstić information content (AvgIpc) is 2.81. The summed E-state index contributed by atoms with van der Waals surface area (Å²) in [6, 6.07) is 0.699. The summed E-state index contributed by atoms with van der Waals surface area (Å²) in [5.41, 5.74) is 0.769. The van der Waals surface area contributed by atoms with E-state index >= 15 is 0 Å². The van der Waals surface area contributed by atoms with Gasteiger partial charge in [-0.2, -0.15) is 0 Å². The summed E-state index contributed by atoms with van der Waals surface area (Å²) in [6.07, 6.45) is 13.6. The topological polar surface area (TPSA) is 21.3 Å². The van der Waals surface area contributed by atoms with Crippen LogP contribution in [-0.2, 0) is 4.74 Å². The minimum atomic E-state index is 0.249. The average molecular weight is 293 g/mol. The molecule has 0 aromatic heterocycles. The van der Waals surface area contributed by atoms with Gasteiger partial charge in [-0.1, -0.05) is 39.5 Å². The van der Waals surface area contributed by atoms with E-state index in [1.807, 2.05) is 0 Å². The summed E-state index contributed by atoms with van der Waals surface area (Å²) in [5, 5.41) is 3.74. The zero-order valence-electron chi connectivity index (χ0n) is 14.4. The highest BCUT2D eigenvalue weighted by Gasteiger charge is 2.46. The van der Waals surface area contributed by atoms with E-state index in [9.17, 15) is 0 Å². The predicted octanol–water partition coefficient (Wildman–Crippen LogP) is 4.53. The number of hydrogen-bond acceptors (Lipinski definition) is 2. The third-order valence-corrected chi connectivity index (χ3v) is 6.91. The molecule has 0 bridgehead atoms. The summed E-state index contributed by atoms with van der Waals surface area (Å²) in [7, 11) is 2.20. The summed E-state index contributed by atoms with van der Waals surface area (Å²) in [5.74, 6) is 1.68. The van der Waals surface area contributed by atoms with Crippen LogP contribution in [0.3, 0.4) is 0 Å². The second-order valence-electron chi connectivity index (χ2n) is 8.65. The molecule has 2 nitrogen and oxygen atoms in total. The summed E-state index contributed by atoms with van der Waals surface area (Å²) < 4.78 is 6.32. The first-order valence-corrected chi connectivity index (χ1v) is 9.38. The monoisotopic (exact) mass is 293 g/mol. The maximum atomic E-state index is 6.32. The number of ether oxygens (including phenoxy) is 1. The molecule has 1 spiro atoms. The Kier molecular flexibility index (Phi) is 4.66. The molecular formula is C19H35NO. The molecule has 1 N–H and O–H groups in total. The minimum absolute atomic E-state index is 0.249. The molecule has 2 saturated carbocycles. The molecule has 2 aliphatic carbocycles. The molecule has 1 heterocycles. The van der Waals surface area contributed by atoms with Gasteiger partial charge in [0.25, 0.3) is 0 Å². The lowest BCUT2D eigenvalue weighted by Gasteiger charge is -2.48. The lowest BCUT2D eigenvalue weighted by molar-refractivity contribution is -0.125. The fourth-order valence-corrected chi connectivity index (χ4v) is 5.70. The molecule has 3 unspecified atom stereocenters. The SMILES string of the molecule is CNC(C1CCOC2(CCCCC2)C1)C1CCCC1(C)C. The quantitative estimate of drug-likeness (QED) is 0.825. The smallest absolute Gasteiger partial charge is 0.0685 e. The predicted molar refractivity (Wildman–Crippen MR) is 88.5 cm³/mol. The Hall–Kier alpha value is -0.0800. The van der Waals surface area contributed by atoms with Crippen LogP contribution in [0.2, 0.25) is 0 Å². The highest BCUT2D eigenvalue weighted by Crippen LogP contribution is 2.49. The van der Waals surface area contributed by atoms with Gasteiger partial charge in [-0.15, -0.1) is 0 Å². The van der Waals surface area contributed by atoms with Crippen LogP contribution in [0, 0.1) is 17.3 Å². The highest BCUT2D eigenvalue weighted by atomic mass is 16.5. The maximum Gasteiger partial charge on any atom is 0.0685 e. The first-order valence-electron chi connectivity index (χ1n) is 9.38. The summed E-state index contributed by atoms with van der Waals surface area (Å²) in [4.78, 5) is 0. The Morgan fingerprint density at radius 3 is 2.38 bits per heavy atom. The lowest BCUT2D eigenvalue weighted by atomic mass is 9.68. The van der Waals surface area contributed by atoms with Crippen LogP contribution in [0.5, 0.6) is 0 Å². The van der Waals surface area contributed by atoms with Crippen LogP contribution in [0.25, 0.3) is 0 Å². The van der Waals surface area contributed by atoms with Gasteiger partial charge in [0.05, 0.1) is 5.60 Å². The van der Waals surface area contributed by atoms with Crippen molar-refractivity contribution in [3.8, 4) is 0 Å². The molecule has 1 saturated heterocycles. The zero-order valence-corrected chi connectivity index (χ0v) is 14.4. The molecule has 0 amide bonds. The second kappa shape index (κ2) is 6.20. The molecule has 122 valence electrons. The summed E-state index contributed by atoms with van der Waals surface area (Å²) >= 11 is 0. The maximum absolute atomic E-state index is 6.32. The minimum Gasteiger partial charge on any atom is -0.375 e. The van der Waals surface area contributed by atoms with Gasteiger partial charge in [0.15, 0.2) is 0 Å². The summed E-state index contributed by atoms with van der Waals surface area (Å²) in [6.45, 7) is 5.98. The first kappa shape index (κ1) is 15.8. The Labute approximate surface area is 131 Å². The molecule has 0 radical (unpaired) electrons. The molecule has 21 heavy (non-hydrogen) atoms. The van der Waals surface area contributed by atoms with Gasteiger partial charge in [-0.05, 0) is 62.8 Å². The van der Waals surface area contributed by atoms with E-state index in [1.165, 1.54) is 64.2 Å². The van der Waals surface area contributed by atoms with Crippen LogP contribution >= 0.6 is 0 Å². The van der Waals surface area contributed by atoms with Crippen LogP contribution in [-0.4, -0.2) is 25.3 Å². The van der Waals surface area contributed by atoms with Crippen molar-refractivity contribution in [1.29, 1.82) is 0 Å². The Morgan fingerprint density at radius 2 is 1.76 bits per heavy atom. The van der Waals surface area contributed by atoms with Crippen molar-refractivity contribution >= 4 is 0 Å². The van der Waals surface area contributed by atoms with E-state index in [0.29, 0.717) is 11.5 Å². The highest BCUT2D eigenvalue weighted by molar-refractivity contribution is 4.99. The van der Waals surface area contributed by atoms with Gasteiger partial charge in [-0.3, -0.25) is 0 Å². The van der Waals surface area contributed by atoms with E-state index in [-0.39, 0.29) is 5.60 Å². The molecule has 1 aliphatic heterocycles. The van der Waals surface area contributed by atoms with E-state index in [1.54, 1.807) is 0 Å². The van der Waals surface area contributed by atoms with Gasteiger partial charge in [-0.25, -0.2) is 0 Å². The molecular weight excluding hydrogens is 258 g/mol. The Morgan fingerprint density at radius 1 is 1.00 bits per heavy atom. The Balaban J connectivity index is 1.71. The van der Waals surface area contributed by atoms with E-state index < -0.39 is 0 Å². The standard InChI is InChI=1S/C19H35NO/c1-18(2)10-7-8-16(18)17(20-3)15-9-13-21-19(14-15)11-5-4-6-12-19/h15-17,20H,4-14H2,1-3H3. The number of hydrogen-bond donors (Lipinski definition) is 1.